The van der Waals surface area contributed by atoms with Crippen molar-refractivity contribution in [2.45, 2.75) is 20.4 Å². The molecule has 0 atom stereocenters. The molecule has 0 saturated heterocycles. The fourth-order valence-corrected chi connectivity index (χ4v) is 3.11. The number of nitrogens with zero attached hydrogens (tertiary/aromatic N) is 3. The van der Waals surface area contributed by atoms with Crippen molar-refractivity contribution in [2.75, 3.05) is 12.4 Å². The SMILES string of the molecule is COc1ccccc1-c1oc(C)nc1C(=O)Nc1cnn(Cc2ccc(C(C)=O)o2)c1. The van der Waals surface area contributed by atoms with Crippen LogP contribution in [0.4, 0.5) is 5.69 Å². The highest BCUT2D eigenvalue weighted by molar-refractivity contribution is 6.06. The van der Waals surface area contributed by atoms with E-state index in [0.29, 0.717) is 46.7 Å². The summed E-state index contributed by atoms with van der Waals surface area (Å²) in [6, 6.07) is 10.6. The van der Waals surface area contributed by atoms with Crippen LogP contribution in [0.1, 0.15) is 39.6 Å². The Labute approximate surface area is 177 Å². The first kappa shape index (κ1) is 20.1. The molecule has 0 spiro atoms. The van der Waals surface area contributed by atoms with E-state index in [4.69, 9.17) is 13.6 Å². The van der Waals surface area contributed by atoms with Gasteiger partial charge in [0.2, 0.25) is 0 Å². The number of oxazole rings is 1. The van der Waals surface area contributed by atoms with Crippen LogP contribution < -0.4 is 10.1 Å². The third kappa shape index (κ3) is 4.25. The Morgan fingerprint density at radius 3 is 2.71 bits per heavy atom. The van der Waals surface area contributed by atoms with Crippen molar-refractivity contribution in [3.8, 4) is 17.1 Å². The van der Waals surface area contributed by atoms with E-state index in [0.717, 1.165) is 0 Å². The summed E-state index contributed by atoms with van der Waals surface area (Å²) in [7, 11) is 1.55. The lowest BCUT2D eigenvalue weighted by atomic mass is 10.1. The highest BCUT2D eigenvalue weighted by Crippen LogP contribution is 2.33. The van der Waals surface area contributed by atoms with Gasteiger partial charge in [-0.2, -0.15) is 5.10 Å². The molecular formula is C22H20N4O5. The molecule has 9 nitrogen and oxygen atoms in total. The molecule has 1 N–H and O–H groups in total. The molecule has 4 rings (SSSR count). The lowest BCUT2D eigenvalue weighted by Gasteiger charge is -2.07. The molecule has 3 heterocycles. The van der Waals surface area contributed by atoms with E-state index in [9.17, 15) is 9.59 Å². The summed E-state index contributed by atoms with van der Waals surface area (Å²) >= 11 is 0. The molecule has 1 aromatic carbocycles. The van der Waals surface area contributed by atoms with Gasteiger partial charge in [0.1, 0.15) is 11.5 Å². The number of aromatic nitrogens is 3. The molecule has 0 unspecified atom stereocenters. The van der Waals surface area contributed by atoms with Crippen LogP contribution in [-0.4, -0.2) is 33.6 Å². The molecule has 0 saturated carbocycles. The van der Waals surface area contributed by atoms with Crippen molar-refractivity contribution < 1.29 is 23.2 Å². The number of hydrogen-bond donors (Lipinski definition) is 1. The average Bonchev–Trinajstić information content (AvgIpc) is 3.48. The number of carbonyl (C=O) groups excluding carboxylic acids is 2. The number of anilines is 1. The summed E-state index contributed by atoms with van der Waals surface area (Å²) in [6.07, 6.45) is 3.17. The van der Waals surface area contributed by atoms with Crippen molar-refractivity contribution in [3.63, 3.8) is 0 Å². The quantitative estimate of drug-likeness (QED) is 0.450. The lowest BCUT2D eigenvalue weighted by molar-refractivity contribution is 0.0983. The number of furan rings is 1. The Balaban J connectivity index is 1.52. The number of benzene rings is 1. The summed E-state index contributed by atoms with van der Waals surface area (Å²) in [6.45, 7) is 3.43. The van der Waals surface area contributed by atoms with Crippen LogP contribution in [0.2, 0.25) is 0 Å². The predicted molar refractivity (Wildman–Crippen MR) is 111 cm³/mol. The molecule has 3 aromatic heterocycles. The minimum Gasteiger partial charge on any atom is -0.496 e. The van der Waals surface area contributed by atoms with Crippen molar-refractivity contribution >= 4 is 17.4 Å². The zero-order valence-corrected chi connectivity index (χ0v) is 17.2. The second-order valence-corrected chi connectivity index (χ2v) is 6.81. The minimum atomic E-state index is -0.436. The van der Waals surface area contributed by atoms with E-state index in [2.05, 4.69) is 15.4 Å². The monoisotopic (exact) mass is 420 g/mol. The number of nitrogens with one attached hydrogen (secondary N) is 1. The first-order valence-electron chi connectivity index (χ1n) is 9.49. The number of ketones is 1. The number of amides is 1. The number of aryl methyl sites for hydroxylation is 1. The van der Waals surface area contributed by atoms with Crippen molar-refractivity contribution in [1.29, 1.82) is 0 Å². The molecule has 31 heavy (non-hydrogen) atoms. The van der Waals surface area contributed by atoms with E-state index in [1.807, 2.05) is 12.1 Å². The van der Waals surface area contributed by atoms with Gasteiger partial charge in [-0.15, -0.1) is 0 Å². The Kier molecular flexibility index (Phi) is 5.40. The highest BCUT2D eigenvalue weighted by atomic mass is 16.5. The molecule has 1 amide bonds. The van der Waals surface area contributed by atoms with Crippen LogP contribution in [0.15, 0.2) is 57.6 Å². The maximum atomic E-state index is 12.9. The Morgan fingerprint density at radius 1 is 1.16 bits per heavy atom. The van der Waals surface area contributed by atoms with Gasteiger partial charge >= 0.3 is 0 Å². The summed E-state index contributed by atoms with van der Waals surface area (Å²) in [4.78, 5) is 28.5. The molecule has 4 aromatic rings. The van der Waals surface area contributed by atoms with E-state index in [1.54, 1.807) is 49.2 Å². The topological polar surface area (TPSA) is 112 Å². The molecule has 0 fully saturated rings. The van der Waals surface area contributed by atoms with E-state index < -0.39 is 5.91 Å². The largest absolute Gasteiger partial charge is 0.496 e. The third-order valence-electron chi connectivity index (χ3n) is 4.52. The first-order chi connectivity index (χ1) is 14.9. The second kappa shape index (κ2) is 8.31. The zero-order chi connectivity index (χ0) is 22.0. The number of methoxy groups -OCH3 is 1. The fraction of sp³-hybridized carbons (Fsp3) is 0.182. The van der Waals surface area contributed by atoms with Crippen LogP contribution in [0, 0.1) is 6.92 Å². The number of rotatable bonds is 7. The van der Waals surface area contributed by atoms with Crippen molar-refractivity contribution in [2.24, 2.45) is 0 Å². The minimum absolute atomic E-state index is 0.145. The van der Waals surface area contributed by atoms with Gasteiger partial charge in [0.25, 0.3) is 5.91 Å². The Hall–Kier alpha value is -4.14. The van der Waals surface area contributed by atoms with E-state index in [1.165, 1.54) is 13.1 Å². The van der Waals surface area contributed by atoms with Crippen LogP contribution >= 0.6 is 0 Å². The second-order valence-electron chi connectivity index (χ2n) is 6.81. The van der Waals surface area contributed by atoms with Crippen LogP contribution in [0.5, 0.6) is 5.75 Å². The van der Waals surface area contributed by atoms with Gasteiger partial charge in [0.15, 0.2) is 28.9 Å². The van der Waals surface area contributed by atoms with Gasteiger partial charge in [0.05, 0.1) is 31.1 Å². The molecule has 9 heteroatoms. The standard InChI is InChI=1S/C22H20N4O5/c1-13(27)18-9-8-16(31-18)12-26-11-15(10-23-26)25-22(28)20-21(30-14(2)24-20)17-6-4-5-7-19(17)29-3/h4-11H,12H2,1-3H3,(H,25,28). The fourth-order valence-electron chi connectivity index (χ4n) is 3.11. The van der Waals surface area contributed by atoms with Gasteiger partial charge < -0.3 is 18.9 Å². The number of carbonyl (C=O) groups is 2. The van der Waals surface area contributed by atoms with Crippen LogP contribution in [-0.2, 0) is 6.54 Å². The maximum absolute atomic E-state index is 12.9. The number of para-hydroxylation sites is 1. The molecule has 158 valence electrons. The van der Waals surface area contributed by atoms with Crippen molar-refractivity contribution in [1.82, 2.24) is 14.8 Å². The van der Waals surface area contributed by atoms with E-state index in [-0.39, 0.29) is 11.5 Å². The molecule has 0 radical (unpaired) electrons. The Bertz CT molecular complexity index is 1250. The number of Topliss-reactive ketones (excluding diaryl/α,β-unsaturated/α-hetero) is 1. The first-order valence-corrected chi connectivity index (χ1v) is 9.49. The molecule has 0 bridgehead atoms. The summed E-state index contributed by atoms with van der Waals surface area (Å²) in [5, 5.41) is 7.00. The lowest BCUT2D eigenvalue weighted by Crippen LogP contribution is -2.13. The molecular weight excluding hydrogens is 400 g/mol. The van der Waals surface area contributed by atoms with Crippen LogP contribution in [0.25, 0.3) is 11.3 Å². The smallest absolute Gasteiger partial charge is 0.278 e. The zero-order valence-electron chi connectivity index (χ0n) is 17.2. The van der Waals surface area contributed by atoms with Gasteiger partial charge in [-0.25, -0.2) is 4.98 Å². The summed E-state index contributed by atoms with van der Waals surface area (Å²) in [5.41, 5.74) is 1.26. The predicted octanol–water partition coefficient (Wildman–Crippen LogP) is 3.95. The summed E-state index contributed by atoms with van der Waals surface area (Å²) < 4.78 is 18.1. The van der Waals surface area contributed by atoms with Gasteiger partial charge in [-0.05, 0) is 24.3 Å². The third-order valence-corrected chi connectivity index (χ3v) is 4.52. The summed E-state index contributed by atoms with van der Waals surface area (Å²) in [5.74, 6) is 1.55. The molecule has 0 aliphatic rings. The van der Waals surface area contributed by atoms with Gasteiger partial charge in [-0.1, -0.05) is 12.1 Å². The highest BCUT2D eigenvalue weighted by Gasteiger charge is 2.23. The number of hydrogen-bond acceptors (Lipinski definition) is 7. The molecule has 0 aliphatic carbocycles. The molecule has 0 aliphatic heterocycles. The van der Waals surface area contributed by atoms with E-state index >= 15 is 0 Å². The van der Waals surface area contributed by atoms with Gasteiger partial charge in [0, 0.05) is 20.0 Å². The normalized spacial score (nSPS) is 10.8. The van der Waals surface area contributed by atoms with Gasteiger partial charge in [-0.3, -0.25) is 14.3 Å². The maximum Gasteiger partial charge on any atom is 0.278 e. The Morgan fingerprint density at radius 2 is 1.97 bits per heavy atom. The number of ether oxygens (including phenoxy) is 1. The average molecular weight is 420 g/mol. The van der Waals surface area contributed by atoms with Crippen molar-refractivity contribution in [3.05, 3.63) is 71.9 Å². The van der Waals surface area contributed by atoms with Crippen LogP contribution in [0.3, 0.4) is 0 Å².